The van der Waals surface area contributed by atoms with E-state index in [1.54, 1.807) is 0 Å². The molecule has 3 nitrogen and oxygen atoms in total. The van der Waals surface area contributed by atoms with E-state index in [4.69, 9.17) is 5.73 Å². The molecule has 0 aliphatic carbocycles. The van der Waals surface area contributed by atoms with Gasteiger partial charge in [-0.15, -0.1) is 0 Å². The highest BCUT2D eigenvalue weighted by Crippen LogP contribution is 2.10. The quantitative estimate of drug-likeness (QED) is 0.579. The molecule has 1 unspecified atom stereocenters. The Labute approximate surface area is 101 Å². The van der Waals surface area contributed by atoms with Crippen molar-refractivity contribution < 1.29 is 0 Å². The predicted molar refractivity (Wildman–Crippen MR) is 72.7 cm³/mol. The van der Waals surface area contributed by atoms with Crippen molar-refractivity contribution in [2.24, 2.45) is 10.7 Å². The molecule has 0 fully saturated rings. The lowest BCUT2D eigenvalue weighted by Gasteiger charge is -2.31. The van der Waals surface area contributed by atoms with Crippen molar-refractivity contribution in [3.8, 4) is 0 Å². The summed E-state index contributed by atoms with van der Waals surface area (Å²) in [6.07, 6.45) is 3.46. The molecule has 1 atom stereocenters. The summed E-state index contributed by atoms with van der Waals surface area (Å²) < 4.78 is 0. The fraction of sp³-hybridized carbons (Fsp3) is 0.923. The molecule has 0 aliphatic heterocycles. The molecule has 0 radical (unpaired) electrons. The minimum Gasteiger partial charge on any atom is -0.370 e. The summed E-state index contributed by atoms with van der Waals surface area (Å²) in [6, 6.07) is 0.470. The second kappa shape index (κ2) is 6.77. The van der Waals surface area contributed by atoms with Crippen molar-refractivity contribution in [2.45, 2.75) is 72.4 Å². The van der Waals surface area contributed by atoms with Crippen molar-refractivity contribution in [2.75, 3.05) is 6.54 Å². The van der Waals surface area contributed by atoms with Gasteiger partial charge in [-0.05, 0) is 40.5 Å². The lowest BCUT2D eigenvalue weighted by molar-refractivity contribution is 0.309. The maximum Gasteiger partial charge on any atom is 0.192 e. The first kappa shape index (κ1) is 15.3. The van der Waals surface area contributed by atoms with E-state index < -0.39 is 0 Å². The zero-order valence-corrected chi connectivity index (χ0v) is 11.9. The lowest BCUT2D eigenvalue weighted by Crippen LogP contribution is -2.45. The third-order valence-corrected chi connectivity index (χ3v) is 2.62. The average molecular weight is 227 g/mol. The van der Waals surface area contributed by atoms with Crippen LogP contribution in [0.2, 0.25) is 0 Å². The van der Waals surface area contributed by atoms with Gasteiger partial charge >= 0.3 is 0 Å². The summed E-state index contributed by atoms with van der Waals surface area (Å²) >= 11 is 0. The molecule has 0 aliphatic rings. The van der Waals surface area contributed by atoms with E-state index in [0.717, 1.165) is 13.0 Å². The summed E-state index contributed by atoms with van der Waals surface area (Å²) in [6.45, 7) is 13.8. The third kappa shape index (κ3) is 5.99. The molecule has 96 valence electrons. The molecule has 0 aromatic carbocycles. The van der Waals surface area contributed by atoms with E-state index in [1.165, 1.54) is 12.8 Å². The number of guanidine groups is 1. The second-order valence-corrected chi connectivity index (χ2v) is 5.45. The van der Waals surface area contributed by atoms with Gasteiger partial charge in [0.1, 0.15) is 0 Å². The number of hydrogen-bond donors (Lipinski definition) is 1. The fourth-order valence-electron chi connectivity index (χ4n) is 1.52. The van der Waals surface area contributed by atoms with E-state index in [2.05, 4.69) is 51.4 Å². The zero-order valence-electron chi connectivity index (χ0n) is 11.9. The molecule has 0 rings (SSSR count). The van der Waals surface area contributed by atoms with Crippen LogP contribution < -0.4 is 5.73 Å². The molecule has 0 heterocycles. The number of rotatable bonds is 5. The maximum absolute atomic E-state index is 6.10. The van der Waals surface area contributed by atoms with Crippen LogP contribution in [0.5, 0.6) is 0 Å². The Balaban J connectivity index is 4.68. The molecule has 0 aromatic rings. The number of aliphatic imine (C=N–C) groups is 1. The van der Waals surface area contributed by atoms with Crippen LogP contribution >= 0.6 is 0 Å². The lowest BCUT2D eigenvalue weighted by atomic mass is 10.1. The first-order chi connectivity index (χ1) is 7.31. The van der Waals surface area contributed by atoms with Crippen molar-refractivity contribution in [1.29, 1.82) is 0 Å². The number of nitrogens with zero attached hydrogens (tertiary/aromatic N) is 2. The van der Waals surface area contributed by atoms with Crippen LogP contribution in [0.15, 0.2) is 4.99 Å². The van der Waals surface area contributed by atoms with Gasteiger partial charge in [0.15, 0.2) is 5.96 Å². The van der Waals surface area contributed by atoms with Gasteiger partial charge in [0.25, 0.3) is 0 Å². The van der Waals surface area contributed by atoms with Gasteiger partial charge in [-0.3, -0.25) is 0 Å². The largest absolute Gasteiger partial charge is 0.370 e. The van der Waals surface area contributed by atoms with Gasteiger partial charge < -0.3 is 10.6 Å². The van der Waals surface area contributed by atoms with Crippen LogP contribution in [0.3, 0.4) is 0 Å². The highest BCUT2D eigenvalue weighted by molar-refractivity contribution is 5.78. The van der Waals surface area contributed by atoms with E-state index in [-0.39, 0.29) is 5.54 Å². The topological polar surface area (TPSA) is 41.6 Å². The van der Waals surface area contributed by atoms with E-state index in [1.807, 2.05) is 0 Å². The van der Waals surface area contributed by atoms with Crippen LogP contribution in [0.4, 0.5) is 0 Å². The molecular formula is C13H29N3. The van der Waals surface area contributed by atoms with Gasteiger partial charge in [0, 0.05) is 12.6 Å². The molecular weight excluding hydrogens is 198 g/mol. The number of nitrogens with two attached hydrogens (primary N) is 1. The van der Waals surface area contributed by atoms with Crippen LogP contribution in [-0.4, -0.2) is 29.0 Å². The molecule has 0 amide bonds. The van der Waals surface area contributed by atoms with Crippen LogP contribution in [0, 0.1) is 0 Å². The minimum atomic E-state index is -0.0952. The SMILES string of the molecule is CCCCN(C(N)=NC(C)(C)C)C(C)CC. The maximum atomic E-state index is 6.10. The zero-order chi connectivity index (χ0) is 12.8. The van der Waals surface area contributed by atoms with E-state index in [0.29, 0.717) is 12.0 Å². The minimum absolute atomic E-state index is 0.0952. The highest BCUT2D eigenvalue weighted by Gasteiger charge is 2.16. The van der Waals surface area contributed by atoms with Crippen molar-refractivity contribution in [1.82, 2.24) is 4.90 Å². The molecule has 3 heteroatoms. The number of hydrogen-bond acceptors (Lipinski definition) is 1. The van der Waals surface area contributed by atoms with E-state index >= 15 is 0 Å². The Morgan fingerprint density at radius 3 is 2.25 bits per heavy atom. The normalized spacial score (nSPS) is 15.0. The second-order valence-electron chi connectivity index (χ2n) is 5.45. The van der Waals surface area contributed by atoms with Crippen molar-refractivity contribution in [3.63, 3.8) is 0 Å². The van der Waals surface area contributed by atoms with Gasteiger partial charge in [0.05, 0.1) is 5.54 Å². The Morgan fingerprint density at radius 1 is 1.31 bits per heavy atom. The molecule has 0 bridgehead atoms. The summed E-state index contributed by atoms with van der Waals surface area (Å²) in [5, 5.41) is 0. The van der Waals surface area contributed by atoms with Gasteiger partial charge in [0.2, 0.25) is 0 Å². The molecule has 0 spiro atoms. The Morgan fingerprint density at radius 2 is 1.88 bits per heavy atom. The van der Waals surface area contributed by atoms with Gasteiger partial charge in [-0.2, -0.15) is 0 Å². The third-order valence-electron chi connectivity index (χ3n) is 2.62. The summed E-state index contributed by atoms with van der Waals surface area (Å²) in [5.41, 5.74) is 6.00. The molecule has 0 aromatic heterocycles. The summed E-state index contributed by atoms with van der Waals surface area (Å²) in [5.74, 6) is 0.690. The smallest absolute Gasteiger partial charge is 0.192 e. The van der Waals surface area contributed by atoms with Crippen molar-refractivity contribution >= 4 is 5.96 Å². The van der Waals surface area contributed by atoms with Crippen molar-refractivity contribution in [3.05, 3.63) is 0 Å². The fourth-order valence-corrected chi connectivity index (χ4v) is 1.52. The Bertz CT molecular complexity index is 216. The molecule has 0 saturated heterocycles. The molecule has 16 heavy (non-hydrogen) atoms. The summed E-state index contributed by atoms with van der Waals surface area (Å²) in [7, 11) is 0. The first-order valence-corrected chi connectivity index (χ1v) is 6.43. The predicted octanol–water partition coefficient (Wildman–Crippen LogP) is 3.00. The molecule has 2 N–H and O–H groups in total. The Kier molecular flexibility index (Phi) is 6.46. The van der Waals surface area contributed by atoms with Crippen LogP contribution in [0.1, 0.15) is 60.8 Å². The standard InChI is InChI=1S/C13H29N3/c1-7-9-10-16(11(3)8-2)12(14)15-13(4,5)6/h11H,7-10H2,1-6H3,(H2,14,15). The highest BCUT2D eigenvalue weighted by atomic mass is 15.3. The first-order valence-electron chi connectivity index (χ1n) is 6.43. The van der Waals surface area contributed by atoms with Gasteiger partial charge in [-0.1, -0.05) is 20.3 Å². The Hall–Kier alpha value is -0.730. The summed E-state index contributed by atoms with van der Waals surface area (Å²) in [4.78, 5) is 6.78. The van der Waals surface area contributed by atoms with Gasteiger partial charge in [-0.25, -0.2) is 4.99 Å². The van der Waals surface area contributed by atoms with E-state index in [9.17, 15) is 0 Å². The van der Waals surface area contributed by atoms with Crippen LogP contribution in [-0.2, 0) is 0 Å². The monoisotopic (exact) mass is 227 g/mol. The van der Waals surface area contributed by atoms with Crippen LogP contribution in [0.25, 0.3) is 0 Å². The number of unbranched alkanes of at least 4 members (excludes halogenated alkanes) is 1. The average Bonchev–Trinajstić information content (AvgIpc) is 2.15. The molecule has 0 saturated carbocycles.